The number of nitrogens with zero attached hydrogens (tertiary/aromatic N) is 3. The smallest absolute Gasteiger partial charge is 0.253 e. The number of amides is 2. The van der Waals surface area contributed by atoms with E-state index in [2.05, 4.69) is 41.0 Å². The number of carbonyl (C=O) groups is 2. The number of benzene rings is 3. The molecule has 7 heteroatoms. The van der Waals surface area contributed by atoms with Gasteiger partial charge in [-0.1, -0.05) is 84.7 Å². The number of likely N-dealkylation sites (tertiary alicyclic amines) is 2. The Bertz CT molecular complexity index is 1340. The van der Waals surface area contributed by atoms with Crippen LogP contribution in [0.2, 0.25) is 10.0 Å². The standard InChI is InChI=1S/C30H41N3O2.C7H6Cl2/c1-25-12-11-21-33(24-25)29(35)30(27-15-7-4-8-16-27)17-22-32(23-18-30)20-10-9-19-31(2)28(34)26-13-5-3-6-14-26;1-5-2-3-6(8)7(9)4-5/h3-8,13-16,25H,9-12,17-24H2,1-2H3;2-4H,1H3. The number of halogens is 2. The van der Waals surface area contributed by atoms with Crippen LogP contribution >= 0.6 is 23.2 Å². The van der Waals surface area contributed by atoms with Gasteiger partial charge in [-0.3, -0.25) is 9.59 Å². The van der Waals surface area contributed by atoms with Crippen molar-refractivity contribution in [3.63, 3.8) is 0 Å². The summed E-state index contributed by atoms with van der Waals surface area (Å²) in [5.74, 6) is 1.02. The Morgan fingerprint density at radius 2 is 1.55 bits per heavy atom. The molecule has 0 spiro atoms. The van der Waals surface area contributed by atoms with Crippen molar-refractivity contribution in [3.8, 4) is 0 Å². The minimum absolute atomic E-state index is 0.0850. The first-order valence-corrected chi connectivity index (χ1v) is 16.7. The zero-order chi connectivity index (χ0) is 31.5. The van der Waals surface area contributed by atoms with E-state index in [0.717, 1.165) is 82.5 Å². The summed E-state index contributed by atoms with van der Waals surface area (Å²) in [5, 5.41) is 1.24. The zero-order valence-electron chi connectivity index (χ0n) is 26.5. The minimum atomic E-state index is -0.392. The van der Waals surface area contributed by atoms with Crippen LogP contribution in [-0.2, 0) is 10.2 Å². The highest BCUT2D eigenvalue weighted by molar-refractivity contribution is 6.42. The Hall–Kier alpha value is -2.86. The lowest BCUT2D eigenvalue weighted by Gasteiger charge is -2.45. The second kappa shape index (κ2) is 16.5. The number of hydrogen-bond acceptors (Lipinski definition) is 3. The Balaban J connectivity index is 0.000000421. The third-order valence-corrected chi connectivity index (χ3v) is 9.79. The lowest BCUT2D eigenvalue weighted by molar-refractivity contribution is -0.141. The average molecular weight is 637 g/mol. The molecule has 0 aromatic heterocycles. The lowest BCUT2D eigenvalue weighted by Crippen LogP contribution is -2.54. The van der Waals surface area contributed by atoms with Gasteiger partial charge in [0.25, 0.3) is 5.91 Å². The molecule has 2 aliphatic heterocycles. The number of carbonyl (C=O) groups excluding carboxylic acids is 2. The minimum Gasteiger partial charge on any atom is -0.342 e. The van der Waals surface area contributed by atoms with Crippen molar-refractivity contribution in [2.24, 2.45) is 5.92 Å². The summed E-state index contributed by atoms with van der Waals surface area (Å²) in [7, 11) is 1.89. The van der Waals surface area contributed by atoms with Gasteiger partial charge in [-0.15, -0.1) is 0 Å². The molecule has 5 rings (SSSR count). The first-order valence-electron chi connectivity index (χ1n) is 16.0. The maximum atomic E-state index is 13.9. The van der Waals surface area contributed by atoms with E-state index >= 15 is 0 Å². The van der Waals surface area contributed by atoms with Crippen molar-refractivity contribution in [1.29, 1.82) is 0 Å². The van der Waals surface area contributed by atoms with E-state index in [1.54, 1.807) is 6.07 Å². The molecule has 1 unspecified atom stereocenters. The largest absolute Gasteiger partial charge is 0.342 e. The molecule has 3 aromatic rings. The predicted molar refractivity (Wildman–Crippen MR) is 183 cm³/mol. The normalized spacial score (nSPS) is 18.2. The topological polar surface area (TPSA) is 43.9 Å². The summed E-state index contributed by atoms with van der Waals surface area (Å²) in [4.78, 5) is 32.9. The second-order valence-corrected chi connectivity index (χ2v) is 13.3. The summed E-state index contributed by atoms with van der Waals surface area (Å²) < 4.78 is 0. The molecule has 0 bridgehead atoms. The summed E-state index contributed by atoms with van der Waals surface area (Å²) in [6.45, 7) is 9.72. The van der Waals surface area contributed by atoms with Crippen molar-refractivity contribution in [1.82, 2.24) is 14.7 Å². The van der Waals surface area contributed by atoms with Crippen molar-refractivity contribution < 1.29 is 9.59 Å². The third kappa shape index (κ3) is 9.09. The molecule has 5 nitrogen and oxygen atoms in total. The first-order chi connectivity index (χ1) is 21.2. The van der Waals surface area contributed by atoms with Crippen LogP contribution in [0.25, 0.3) is 0 Å². The fourth-order valence-electron chi connectivity index (χ4n) is 6.41. The molecular weight excluding hydrogens is 589 g/mol. The van der Waals surface area contributed by atoms with Gasteiger partial charge < -0.3 is 14.7 Å². The highest BCUT2D eigenvalue weighted by Gasteiger charge is 2.45. The zero-order valence-corrected chi connectivity index (χ0v) is 28.0. The van der Waals surface area contributed by atoms with Crippen molar-refractivity contribution in [2.75, 3.05) is 46.3 Å². The van der Waals surface area contributed by atoms with Gasteiger partial charge in [0.1, 0.15) is 0 Å². The van der Waals surface area contributed by atoms with Crippen LogP contribution in [0.3, 0.4) is 0 Å². The van der Waals surface area contributed by atoms with Gasteiger partial charge in [0, 0.05) is 32.2 Å². The van der Waals surface area contributed by atoms with Gasteiger partial charge >= 0.3 is 0 Å². The van der Waals surface area contributed by atoms with Crippen LogP contribution in [-0.4, -0.2) is 72.8 Å². The van der Waals surface area contributed by atoms with Crippen molar-refractivity contribution in [3.05, 3.63) is 106 Å². The molecule has 2 saturated heterocycles. The fraction of sp³-hybridized carbons (Fsp3) is 0.459. The van der Waals surface area contributed by atoms with Crippen LogP contribution in [0.15, 0.2) is 78.9 Å². The van der Waals surface area contributed by atoms with Gasteiger partial charge in [-0.05, 0) is 106 Å². The molecule has 236 valence electrons. The maximum absolute atomic E-state index is 13.9. The number of rotatable bonds is 8. The van der Waals surface area contributed by atoms with E-state index in [4.69, 9.17) is 23.2 Å². The van der Waals surface area contributed by atoms with Crippen molar-refractivity contribution >= 4 is 35.0 Å². The Labute approximate surface area is 274 Å². The molecule has 0 aliphatic carbocycles. The highest BCUT2D eigenvalue weighted by atomic mass is 35.5. The molecule has 44 heavy (non-hydrogen) atoms. The predicted octanol–water partition coefficient (Wildman–Crippen LogP) is 8.13. The molecule has 2 fully saturated rings. The van der Waals surface area contributed by atoms with E-state index in [0.29, 0.717) is 21.9 Å². The molecular formula is C37H47Cl2N3O2. The molecule has 2 heterocycles. The molecule has 2 aliphatic rings. The average Bonchev–Trinajstić information content (AvgIpc) is 3.05. The van der Waals surface area contributed by atoms with Gasteiger partial charge in [0.2, 0.25) is 5.91 Å². The SMILES string of the molecule is CC1CCCN(C(=O)C2(c3ccccc3)CCN(CCCCN(C)C(=O)c3ccccc3)CC2)C1.Cc1ccc(Cl)c(Cl)c1. The monoisotopic (exact) mass is 635 g/mol. The van der Waals surface area contributed by atoms with Gasteiger partial charge in [0.05, 0.1) is 15.5 Å². The van der Waals surface area contributed by atoms with Crippen LogP contribution in [0, 0.1) is 12.8 Å². The third-order valence-electron chi connectivity index (χ3n) is 9.05. The summed E-state index contributed by atoms with van der Waals surface area (Å²) in [5.41, 5.74) is 2.67. The Morgan fingerprint density at radius 3 is 2.16 bits per heavy atom. The number of aryl methyl sites for hydroxylation is 1. The number of unbranched alkanes of at least 4 members (excludes halogenated alkanes) is 1. The molecule has 0 radical (unpaired) electrons. The van der Waals surface area contributed by atoms with E-state index in [9.17, 15) is 9.59 Å². The summed E-state index contributed by atoms with van der Waals surface area (Å²) in [6, 6.07) is 25.5. The molecule has 0 N–H and O–H groups in total. The van der Waals surface area contributed by atoms with Gasteiger partial charge in [-0.2, -0.15) is 0 Å². The molecule has 1 atom stereocenters. The van der Waals surface area contributed by atoms with Gasteiger partial charge in [-0.25, -0.2) is 0 Å². The van der Waals surface area contributed by atoms with Gasteiger partial charge in [0.15, 0.2) is 0 Å². The summed E-state index contributed by atoms with van der Waals surface area (Å²) in [6.07, 6.45) is 6.15. The van der Waals surface area contributed by atoms with E-state index in [1.807, 2.05) is 67.4 Å². The van der Waals surface area contributed by atoms with Crippen LogP contribution in [0.5, 0.6) is 0 Å². The van der Waals surface area contributed by atoms with Crippen molar-refractivity contribution in [2.45, 2.75) is 57.8 Å². The fourth-order valence-corrected chi connectivity index (χ4v) is 6.76. The van der Waals surface area contributed by atoms with E-state index in [1.165, 1.54) is 12.0 Å². The molecule has 0 saturated carbocycles. The van der Waals surface area contributed by atoms with Crippen LogP contribution in [0.1, 0.15) is 66.9 Å². The number of piperidine rings is 2. The molecule has 2 amide bonds. The summed E-state index contributed by atoms with van der Waals surface area (Å²) >= 11 is 11.3. The maximum Gasteiger partial charge on any atom is 0.253 e. The van der Waals surface area contributed by atoms with E-state index in [-0.39, 0.29) is 5.91 Å². The number of hydrogen-bond donors (Lipinski definition) is 0. The Kier molecular flexibility index (Phi) is 12.7. The lowest BCUT2D eigenvalue weighted by atomic mass is 9.71. The highest BCUT2D eigenvalue weighted by Crippen LogP contribution is 2.38. The van der Waals surface area contributed by atoms with Crippen LogP contribution < -0.4 is 0 Å². The molecule has 3 aromatic carbocycles. The first kappa shape index (κ1) is 34.0. The van der Waals surface area contributed by atoms with E-state index < -0.39 is 5.41 Å². The van der Waals surface area contributed by atoms with Crippen LogP contribution in [0.4, 0.5) is 0 Å². The quantitative estimate of drug-likeness (QED) is 0.235. The second-order valence-electron chi connectivity index (χ2n) is 12.5. The Morgan fingerprint density at radius 1 is 0.886 bits per heavy atom.